The lowest BCUT2D eigenvalue weighted by molar-refractivity contribution is -0.153. The number of nitrogens with zero attached hydrogens (tertiary/aromatic N) is 3. The normalized spacial score (nSPS) is 13.0. The molecule has 1 amide bonds. The summed E-state index contributed by atoms with van der Waals surface area (Å²) in [5.74, 6) is -1.17. The van der Waals surface area contributed by atoms with E-state index in [1.165, 1.54) is 63.6 Å². The number of hydrogen-bond acceptors (Lipinski definition) is 5. The van der Waals surface area contributed by atoms with Gasteiger partial charge in [0.2, 0.25) is 0 Å². The number of rotatable bonds is 9. The second kappa shape index (κ2) is 13.1. The van der Waals surface area contributed by atoms with Crippen molar-refractivity contribution >= 4 is 39.2 Å². The van der Waals surface area contributed by atoms with Crippen LogP contribution in [0.4, 0.5) is 17.6 Å². The zero-order chi connectivity index (χ0) is 32.5. The van der Waals surface area contributed by atoms with Crippen LogP contribution in [0.15, 0.2) is 69.9 Å². The molecule has 0 N–H and O–H groups in total. The Kier molecular flexibility index (Phi) is 9.40. The van der Waals surface area contributed by atoms with Crippen LogP contribution in [0.5, 0.6) is 11.5 Å². The van der Waals surface area contributed by atoms with E-state index >= 15 is 0 Å². The summed E-state index contributed by atoms with van der Waals surface area (Å²) in [7, 11) is 1.40. The maximum absolute atomic E-state index is 14.7. The molecule has 1 aromatic heterocycles. The third kappa shape index (κ3) is 7.09. The van der Waals surface area contributed by atoms with Crippen molar-refractivity contribution < 1.29 is 36.6 Å². The number of halogens is 6. The third-order valence-corrected chi connectivity index (χ3v) is 8.51. The van der Waals surface area contributed by atoms with E-state index in [1.807, 2.05) is 0 Å². The molecule has 4 aromatic rings. The first-order chi connectivity index (χ1) is 21.4. The first-order valence-electron chi connectivity index (χ1n) is 13.6. The Bertz CT molecular complexity index is 1820. The van der Waals surface area contributed by atoms with Crippen LogP contribution in [0.3, 0.4) is 0 Å². The lowest BCUT2D eigenvalue weighted by atomic mass is 10.0. The van der Waals surface area contributed by atoms with Crippen molar-refractivity contribution in [1.82, 2.24) is 14.0 Å². The number of carbonyl (C=O) groups excluding carboxylic acids is 2. The first-order valence-corrected chi connectivity index (χ1v) is 14.8. The summed E-state index contributed by atoms with van der Waals surface area (Å²) in [6, 6.07) is 14.3. The third-order valence-electron chi connectivity index (χ3n) is 7.28. The van der Waals surface area contributed by atoms with Crippen LogP contribution >= 0.6 is 27.5 Å². The highest BCUT2D eigenvalue weighted by molar-refractivity contribution is 9.10. The van der Waals surface area contributed by atoms with Gasteiger partial charge in [-0.3, -0.25) is 18.7 Å². The van der Waals surface area contributed by atoms with Gasteiger partial charge in [-0.05, 0) is 76.4 Å². The molecule has 0 aliphatic carbocycles. The average Bonchev–Trinajstić information content (AvgIpc) is 3.31. The molecule has 0 bridgehead atoms. The summed E-state index contributed by atoms with van der Waals surface area (Å²) in [4.78, 5) is 42.5. The summed E-state index contributed by atoms with van der Waals surface area (Å²) in [5.41, 5.74) is 0.492. The lowest BCUT2D eigenvalue weighted by Crippen LogP contribution is -2.41. The summed E-state index contributed by atoms with van der Waals surface area (Å²) in [6.45, 7) is -1.33. The molecule has 0 radical (unpaired) electrons. The van der Waals surface area contributed by atoms with E-state index in [0.717, 1.165) is 0 Å². The van der Waals surface area contributed by atoms with Crippen LogP contribution in [-0.2, 0) is 19.5 Å². The van der Waals surface area contributed by atoms with Gasteiger partial charge >= 0.3 is 11.9 Å². The predicted molar refractivity (Wildman–Crippen MR) is 161 cm³/mol. The number of aryl methyl sites for hydroxylation is 1. The van der Waals surface area contributed by atoms with Crippen LogP contribution in [0.25, 0.3) is 5.69 Å². The largest absolute Gasteiger partial charge is 0.497 e. The number of ketones is 1. The highest BCUT2D eigenvalue weighted by Crippen LogP contribution is 2.28. The zero-order valence-electron chi connectivity index (χ0n) is 23.7. The monoisotopic (exact) mass is 709 g/mol. The fourth-order valence-corrected chi connectivity index (χ4v) is 5.48. The van der Waals surface area contributed by atoms with Crippen molar-refractivity contribution in [2.24, 2.45) is 0 Å². The number of ether oxygens (including phenoxy) is 2. The lowest BCUT2D eigenvalue weighted by Gasteiger charge is -2.28. The minimum Gasteiger partial charge on any atom is -0.497 e. The molecule has 45 heavy (non-hydrogen) atoms. The standard InChI is InChI=1S/C31H25BrClF4N3O5/c1-44-22-7-2-18(25(34)15-22)4-11-27(41)28-26-16-38(29(42)19-3-10-23(32)24(33)14-19)12-13-39(26)30(43)40(28)20-5-8-21(9-6-20)45-17-31(35,36)37/h2-3,5-10,14-15H,4,11-13,16-17H2,1H3. The van der Waals surface area contributed by atoms with Crippen LogP contribution in [-0.4, -0.2) is 52.2 Å². The molecule has 0 fully saturated rings. The Morgan fingerprint density at radius 1 is 1.00 bits per heavy atom. The highest BCUT2D eigenvalue weighted by atomic mass is 79.9. The Morgan fingerprint density at radius 2 is 1.71 bits per heavy atom. The number of fused-ring (bicyclic) bond motifs is 1. The summed E-state index contributed by atoms with van der Waals surface area (Å²) >= 11 is 9.49. The molecule has 8 nitrogen and oxygen atoms in total. The van der Waals surface area contributed by atoms with Gasteiger partial charge < -0.3 is 14.4 Å². The van der Waals surface area contributed by atoms with Gasteiger partial charge in [0.1, 0.15) is 23.0 Å². The Hall–Kier alpha value is -4.10. The first kappa shape index (κ1) is 32.3. The van der Waals surface area contributed by atoms with Gasteiger partial charge in [-0.2, -0.15) is 13.2 Å². The van der Waals surface area contributed by atoms with Gasteiger partial charge in [-0.1, -0.05) is 17.7 Å². The van der Waals surface area contributed by atoms with Crippen LogP contribution in [0.1, 0.15) is 38.5 Å². The van der Waals surface area contributed by atoms with Gasteiger partial charge in [0.15, 0.2) is 12.4 Å². The van der Waals surface area contributed by atoms with E-state index < -0.39 is 30.1 Å². The van der Waals surface area contributed by atoms with Crippen molar-refractivity contribution in [2.75, 3.05) is 20.3 Å². The van der Waals surface area contributed by atoms with Crippen LogP contribution in [0, 0.1) is 5.82 Å². The number of amides is 1. The molecule has 3 aromatic carbocycles. The Morgan fingerprint density at radius 3 is 2.36 bits per heavy atom. The van der Waals surface area contributed by atoms with Gasteiger partial charge in [0, 0.05) is 35.6 Å². The van der Waals surface area contributed by atoms with Gasteiger partial charge in [-0.25, -0.2) is 9.18 Å². The second-order valence-electron chi connectivity index (χ2n) is 10.2. The number of carbonyl (C=O) groups is 2. The summed E-state index contributed by atoms with van der Waals surface area (Å²) in [6.07, 6.45) is -4.70. The fraction of sp³-hybridized carbons (Fsp3) is 0.258. The molecule has 236 valence electrons. The number of alkyl halides is 3. The van der Waals surface area contributed by atoms with Crippen molar-refractivity contribution in [2.45, 2.75) is 32.1 Å². The Labute approximate surface area is 267 Å². The number of benzene rings is 3. The molecule has 1 aliphatic rings. The summed E-state index contributed by atoms with van der Waals surface area (Å²) in [5, 5.41) is 0.338. The van der Waals surface area contributed by atoms with E-state index in [4.69, 9.17) is 21.1 Å². The number of methoxy groups -OCH3 is 1. The van der Waals surface area contributed by atoms with E-state index in [-0.39, 0.29) is 66.8 Å². The number of imidazole rings is 1. The topological polar surface area (TPSA) is 82.8 Å². The Balaban J connectivity index is 1.50. The molecular weight excluding hydrogens is 686 g/mol. The molecule has 0 atom stereocenters. The predicted octanol–water partition coefficient (Wildman–Crippen LogP) is 6.62. The molecule has 5 rings (SSSR count). The molecular formula is C31H25BrClF4N3O5. The summed E-state index contributed by atoms with van der Waals surface area (Å²) < 4.78 is 65.5. The molecule has 0 saturated carbocycles. The smallest absolute Gasteiger partial charge is 0.422 e. The quantitative estimate of drug-likeness (QED) is 0.144. The maximum Gasteiger partial charge on any atom is 0.422 e. The van der Waals surface area contributed by atoms with Crippen molar-refractivity contribution in [3.8, 4) is 17.2 Å². The van der Waals surface area contributed by atoms with Crippen molar-refractivity contribution in [3.05, 3.63) is 109 Å². The zero-order valence-corrected chi connectivity index (χ0v) is 26.0. The molecule has 1 aliphatic heterocycles. The molecule has 14 heteroatoms. The van der Waals surface area contributed by atoms with Gasteiger partial charge in [-0.15, -0.1) is 0 Å². The van der Waals surface area contributed by atoms with E-state index in [1.54, 1.807) is 18.2 Å². The van der Waals surface area contributed by atoms with Crippen molar-refractivity contribution in [3.63, 3.8) is 0 Å². The molecule has 0 spiro atoms. The van der Waals surface area contributed by atoms with Crippen LogP contribution in [0.2, 0.25) is 5.02 Å². The number of hydrogen-bond donors (Lipinski definition) is 0. The van der Waals surface area contributed by atoms with E-state index in [0.29, 0.717) is 20.8 Å². The van der Waals surface area contributed by atoms with Crippen LogP contribution < -0.4 is 15.2 Å². The fourth-order valence-electron chi connectivity index (χ4n) is 5.05. The van der Waals surface area contributed by atoms with Gasteiger partial charge in [0.25, 0.3) is 5.91 Å². The highest BCUT2D eigenvalue weighted by Gasteiger charge is 2.32. The van der Waals surface area contributed by atoms with Crippen molar-refractivity contribution in [1.29, 1.82) is 0 Å². The van der Waals surface area contributed by atoms with Gasteiger partial charge in [0.05, 0.1) is 30.1 Å². The van der Waals surface area contributed by atoms with E-state index in [2.05, 4.69) is 15.9 Å². The molecule has 0 saturated heterocycles. The number of Topliss-reactive ketones (excluding diaryl/α,β-unsaturated/α-hetero) is 1. The second-order valence-corrected chi connectivity index (χ2v) is 11.5. The minimum absolute atomic E-state index is 0.00998. The molecule has 0 unspecified atom stereocenters. The number of aromatic nitrogens is 2. The minimum atomic E-state index is -4.54. The SMILES string of the molecule is COc1ccc(CCC(=O)c2c3n(c(=O)n2-c2ccc(OCC(F)(F)F)cc2)CCN(C(=O)c2ccc(Br)c(Cl)c2)C3)c(F)c1. The maximum atomic E-state index is 14.7. The average molecular weight is 711 g/mol. The molecule has 2 heterocycles. The van der Waals surface area contributed by atoms with E-state index in [9.17, 15) is 31.9 Å².